The smallest absolute Gasteiger partial charge is 0.409 e. The summed E-state index contributed by atoms with van der Waals surface area (Å²) in [5.74, 6) is 0.274. The van der Waals surface area contributed by atoms with Crippen molar-refractivity contribution in [3.63, 3.8) is 0 Å². The number of hydrogen-bond donors (Lipinski definition) is 1. The van der Waals surface area contributed by atoms with Gasteiger partial charge in [0.15, 0.2) is 0 Å². The fourth-order valence-electron chi connectivity index (χ4n) is 4.67. The second kappa shape index (κ2) is 9.24. The summed E-state index contributed by atoms with van der Waals surface area (Å²) in [4.78, 5) is 35.9. The molecule has 3 heterocycles. The van der Waals surface area contributed by atoms with Crippen molar-refractivity contribution in [1.82, 2.24) is 30.0 Å². The maximum Gasteiger partial charge on any atom is 0.409 e. The third kappa shape index (κ3) is 4.13. The van der Waals surface area contributed by atoms with Crippen molar-refractivity contribution in [2.75, 3.05) is 19.7 Å². The molecule has 1 saturated heterocycles. The zero-order valence-electron chi connectivity index (χ0n) is 19.5. The van der Waals surface area contributed by atoms with E-state index in [1.165, 1.54) is 5.56 Å². The van der Waals surface area contributed by atoms with Crippen LogP contribution in [0.1, 0.15) is 46.9 Å². The molecule has 3 aromatic rings. The lowest BCUT2D eigenvalue weighted by Crippen LogP contribution is -2.46. The number of fused-ring (bicyclic) bond motifs is 3. The van der Waals surface area contributed by atoms with Crippen molar-refractivity contribution in [2.24, 2.45) is 0 Å². The molecule has 9 heteroatoms. The maximum atomic E-state index is 13.0. The van der Waals surface area contributed by atoms with Gasteiger partial charge < -0.3 is 15.0 Å². The SMILES string of the molecule is CCOC(=O)N1CCC(NC(=O)c2cnn(-c3ncc4c(n3)-c3ccccc3CC4)c2C)CC1. The van der Waals surface area contributed by atoms with Gasteiger partial charge in [0.25, 0.3) is 11.9 Å². The highest BCUT2D eigenvalue weighted by Gasteiger charge is 2.26. The first-order valence-corrected chi connectivity index (χ1v) is 11.8. The minimum Gasteiger partial charge on any atom is -0.450 e. The third-order valence-corrected chi connectivity index (χ3v) is 6.59. The molecule has 0 atom stereocenters. The molecule has 1 aliphatic carbocycles. The van der Waals surface area contributed by atoms with E-state index >= 15 is 0 Å². The Morgan fingerprint density at radius 2 is 1.88 bits per heavy atom. The number of ether oxygens (including phenoxy) is 1. The highest BCUT2D eigenvalue weighted by atomic mass is 16.6. The maximum absolute atomic E-state index is 13.0. The van der Waals surface area contributed by atoms with Gasteiger partial charge in [-0.2, -0.15) is 5.10 Å². The van der Waals surface area contributed by atoms with E-state index in [0.717, 1.165) is 29.7 Å². The van der Waals surface area contributed by atoms with E-state index in [4.69, 9.17) is 9.72 Å². The lowest BCUT2D eigenvalue weighted by atomic mass is 9.90. The minimum atomic E-state index is -0.294. The molecule has 5 rings (SSSR count). The summed E-state index contributed by atoms with van der Waals surface area (Å²) in [5.41, 5.74) is 5.65. The van der Waals surface area contributed by atoms with Crippen LogP contribution in [0.4, 0.5) is 4.79 Å². The number of nitrogens with one attached hydrogen (secondary N) is 1. The summed E-state index contributed by atoms with van der Waals surface area (Å²) in [5, 5.41) is 7.51. The average molecular weight is 461 g/mol. The number of hydrogen-bond acceptors (Lipinski definition) is 6. The number of likely N-dealkylation sites (tertiary alicyclic amines) is 1. The number of aryl methyl sites for hydroxylation is 2. The van der Waals surface area contributed by atoms with Gasteiger partial charge in [-0.3, -0.25) is 4.79 Å². The van der Waals surface area contributed by atoms with Crippen molar-refractivity contribution in [3.8, 4) is 17.2 Å². The van der Waals surface area contributed by atoms with Crippen molar-refractivity contribution >= 4 is 12.0 Å². The van der Waals surface area contributed by atoms with Gasteiger partial charge in [0, 0.05) is 30.9 Å². The van der Waals surface area contributed by atoms with Gasteiger partial charge >= 0.3 is 6.09 Å². The van der Waals surface area contributed by atoms with Gasteiger partial charge in [0.05, 0.1) is 29.8 Å². The molecular formula is C25H28N6O3. The Balaban J connectivity index is 1.30. The molecule has 2 amide bonds. The predicted molar refractivity (Wildman–Crippen MR) is 126 cm³/mol. The van der Waals surface area contributed by atoms with E-state index in [1.807, 2.05) is 19.2 Å². The van der Waals surface area contributed by atoms with E-state index in [0.29, 0.717) is 49.7 Å². The van der Waals surface area contributed by atoms with Crippen LogP contribution < -0.4 is 5.32 Å². The molecule has 1 aromatic carbocycles. The van der Waals surface area contributed by atoms with Crippen LogP contribution in [0.25, 0.3) is 17.2 Å². The summed E-state index contributed by atoms with van der Waals surface area (Å²) in [6.45, 7) is 5.13. The molecule has 1 fully saturated rings. The van der Waals surface area contributed by atoms with E-state index in [2.05, 4.69) is 33.6 Å². The summed E-state index contributed by atoms with van der Waals surface area (Å²) in [7, 11) is 0. The van der Waals surface area contributed by atoms with E-state index in [9.17, 15) is 9.59 Å². The summed E-state index contributed by atoms with van der Waals surface area (Å²) < 4.78 is 6.68. The van der Waals surface area contributed by atoms with Crippen molar-refractivity contribution in [1.29, 1.82) is 0 Å². The van der Waals surface area contributed by atoms with Crippen LogP contribution in [0.5, 0.6) is 0 Å². The minimum absolute atomic E-state index is 0.00239. The zero-order valence-corrected chi connectivity index (χ0v) is 19.5. The number of rotatable bonds is 4. The van der Waals surface area contributed by atoms with Crippen LogP contribution in [0, 0.1) is 6.92 Å². The Hall–Kier alpha value is -3.75. The van der Waals surface area contributed by atoms with Crippen LogP contribution in [0.3, 0.4) is 0 Å². The molecule has 1 aliphatic heterocycles. The first-order valence-electron chi connectivity index (χ1n) is 11.8. The highest BCUT2D eigenvalue weighted by Crippen LogP contribution is 2.31. The molecule has 34 heavy (non-hydrogen) atoms. The summed E-state index contributed by atoms with van der Waals surface area (Å²) >= 11 is 0. The van der Waals surface area contributed by atoms with Crippen molar-refractivity contribution in [2.45, 2.75) is 45.6 Å². The van der Waals surface area contributed by atoms with Crippen molar-refractivity contribution in [3.05, 3.63) is 59.0 Å². The van der Waals surface area contributed by atoms with Gasteiger partial charge in [-0.15, -0.1) is 0 Å². The largest absolute Gasteiger partial charge is 0.450 e. The summed E-state index contributed by atoms with van der Waals surface area (Å²) in [6, 6.07) is 8.30. The molecule has 1 N–H and O–H groups in total. The normalized spacial score (nSPS) is 15.4. The molecule has 0 bridgehead atoms. The molecule has 0 spiro atoms. The third-order valence-electron chi connectivity index (χ3n) is 6.59. The van der Waals surface area contributed by atoms with Gasteiger partial charge in [0.1, 0.15) is 0 Å². The van der Waals surface area contributed by atoms with Crippen LogP contribution in [0.15, 0.2) is 36.7 Å². The van der Waals surface area contributed by atoms with E-state index < -0.39 is 0 Å². The van der Waals surface area contributed by atoms with Gasteiger partial charge in [-0.05, 0) is 50.7 Å². The van der Waals surface area contributed by atoms with Crippen LogP contribution in [0.2, 0.25) is 0 Å². The standard InChI is InChI=1S/C25H28N6O3/c1-3-34-25(33)30-12-10-19(11-13-30)28-23(32)21-15-27-31(16(21)2)24-26-14-18-9-8-17-6-4-5-7-20(17)22(18)29-24/h4-7,14-15,19H,3,8-13H2,1-2H3,(H,28,32). The molecule has 0 unspecified atom stereocenters. The predicted octanol–water partition coefficient (Wildman–Crippen LogP) is 3.09. The topological polar surface area (TPSA) is 102 Å². The first-order chi connectivity index (χ1) is 16.5. The number of nitrogens with zero attached hydrogens (tertiary/aromatic N) is 5. The second-order valence-corrected chi connectivity index (χ2v) is 8.69. The quantitative estimate of drug-likeness (QED) is 0.642. The first kappa shape index (κ1) is 22.1. The number of carbonyl (C=O) groups excluding carboxylic acids is 2. The molecule has 0 saturated carbocycles. The Kier molecular flexibility index (Phi) is 6.00. The van der Waals surface area contributed by atoms with Crippen LogP contribution >= 0.6 is 0 Å². The Morgan fingerprint density at radius 3 is 2.68 bits per heavy atom. The Bertz CT molecular complexity index is 1230. The van der Waals surface area contributed by atoms with E-state index in [-0.39, 0.29) is 18.0 Å². The molecular weight excluding hydrogens is 432 g/mol. The van der Waals surface area contributed by atoms with E-state index in [1.54, 1.807) is 22.7 Å². The Labute approximate surface area is 198 Å². The van der Waals surface area contributed by atoms with Gasteiger partial charge in [-0.25, -0.2) is 19.4 Å². The number of amides is 2. The monoisotopic (exact) mass is 460 g/mol. The average Bonchev–Trinajstić information content (AvgIpc) is 3.25. The molecule has 0 radical (unpaired) electrons. The zero-order chi connectivity index (χ0) is 23.7. The molecule has 9 nitrogen and oxygen atoms in total. The highest BCUT2D eigenvalue weighted by molar-refractivity contribution is 5.95. The summed E-state index contributed by atoms with van der Waals surface area (Å²) in [6.07, 6.45) is 6.40. The van der Waals surface area contributed by atoms with Gasteiger partial charge in [0.2, 0.25) is 0 Å². The number of benzene rings is 1. The molecule has 2 aliphatic rings. The van der Waals surface area contributed by atoms with Gasteiger partial charge in [-0.1, -0.05) is 24.3 Å². The number of carbonyl (C=O) groups is 2. The van der Waals surface area contributed by atoms with Crippen molar-refractivity contribution < 1.29 is 14.3 Å². The van der Waals surface area contributed by atoms with Crippen LogP contribution in [-0.4, -0.2) is 62.4 Å². The van der Waals surface area contributed by atoms with Crippen LogP contribution in [-0.2, 0) is 17.6 Å². The molecule has 2 aromatic heterocycles. The number of aromatic nitrogens is 4. The molecule has 176 valence electrons. The lowest BCUT2D eigenvalue weighted by molar-refractivity contribution is 0.0859. The Morgan fingerprint density at radius 1 is 1.12 bits per heavy atom. The fourth-order valence-corrected chi connectivity index (χ4v) is 4.67. The fraction of sp³-hybridized carbons (Fsp3) is 0.400. The number of piperidine rings is 1. The second-order valence-electron chi connectivity index (χ2n) is 8.69. The lowest BCUT2D eigenvalue weighted by Gasteiger charge is -2.31.